The van der Waals surface area contributed by atoms with Crippen molar-refractivity contribution < 1.29 is 40.9 Å². The van der Waals surface area contributed by atoms with Crippen LogP contribution in [0.15, 0.2) is 71.9 Å². The van der Waals surface area contributed by atoms with Gasteiger partial charge in [0.25, 0.3) is 11.8 Å². The molecular weight excluding hydrogens is 672 g/mol. The highest BCUT2D eigenvalue weighted by Gasteiger charge is 2.35. The molecule has 0 atom stereocenters. The van der Waals surface area contributed by atoms with E-state index in [9.17, 15) is 22.0 Å². The van der Waals surface area contributed by atoms with E-state index < -0.39 is 21.9 Å². The number of amides is 1. The van der Waals surface area contributed by atoms with Gasteiger partial charge in [-0.15, -0.1) is 0 Å². The molecule has 2 aromatic carbocycles. The lowest BCUT2D eigenvalue weighted by molar-refractivity contribution is -0.0221. The van der Waals surface area contributed by atoms with Crippen LogP contribution in [0.4, 0.5) is 20.3 Å². The Morgan fingerprint density at radius 1 is 0.860 bits per heavy atom. The fourth-order valence-corrected chi connectivity index (χ4v) is 6.94. The molecule has 1 fully saturated rings. The van der Waals surface area contributed by atoms with E-state index in [0.29, 0.717) is 39.8 Å². The van der Waals surface area contributed by atoms with Gasteiger partial charge in [0, 0.05) is 74.2 Å². The standard InChI is InChI=1S/C35H39F2N5O7S/c1-23-6-11-30(33(39-23)41-14-12-35(36,37)13-15-41)34(43)40-26-16-29(20-38-19-26)50(44,45)42(21-24-7-9-27(46-2)17-31(24)48-4)22-25-8-10-28(47-3)18-32(25)49-5/h6-11,16-20H,12-15,21-22H2,1-5H3,(H,40,43). The van der Waals surface area contributed by atoms with E-state index in [1.54, 1.807) is 60.4 Å². The van der Waals surface area contributed by atoms with E-state index >= 15 is 0 Å². The number of carbonyl (C=O) groups excluding carboxylic acids is 1. The van der Waals surface area contributed by atoms with Gasteiger partial charge < -0.3 is 29.2 Å². The molecule has 0 radical (unpaired) electrons. The minimum atomic E-state index is -4.29. The van der Waals surface area contributed by atoms with Crippen molar-refractivity contribution in [1.29, 1.82) is 0 Å². The van der Waals surface area contributed by atoms with Crippen LogP contribution in [0, 0.1) is 6.92 Å². The van der Waals surface area contributed by atoms with E-state index in [1.807, 2.05) is 0 Å². The van der Waals surface area contributed by atoms with Gasteiger partial charge in [-0.05, 0) is 37.3 Å². The van der Waals surface area contributed by atoms with Crippen molar-refractivity contribution in [2.24, 2.45) is 0 Å². The van der Waals surface area contributed by atoms with Gasteiger partial charge >= 0.3 is 0 Å². The second-order valence-electron chi connectivity index (χ2n) is 11.7. The van der Waals surface area contributed by atoms with Crippen molar-refractivity contribution in [3.8, 4) is 23.0 Å². The van der Waals surface area contributed by atoms with Gasteiger partial charge in [-0.1, -0.05) is 12.1 Å². The number of aromatic nitrogens is 2. The molecule has 12 nitrogen and oxygen atoms in total. The first-order valence-electron chi connectivity index (χ1n) is 15.7. The number of halogens is 2. The Balaban J connectivity index is 1.47. The van der Waals surface area contributed by atoms with Gasteiger partial charge in [0.15, 0.2) is 0 Å². The monoisotopic (exact) mass is 711 g/mol. The van der Waals surface area contributed by atoms with Crippen LogP contribution in [0.1, 0.15) is 40.0 Å². The van der Waals surface area contributed by atoms with Crippen molar-refractivity contribution >= 4 is 27.4 Å². The Morgan fingerprint density at radius 3 is 1.98 bits per heavy atom. The number of pyridine rings is 2. The molecule has 3 heterocycles. The summed E-state index contributed by atoms with van der Waals surface area (Å²) in [5.41, 5.74) is 2.02. The fraction of sp³-hybridized carbons (Fsp3) is 0.343. The number of rotatable bonds is 13. The molecule has 1 N–H and O–H groups in total. The van der Waals surface area contributed by atoms with Crippen LogP contribution in [0.25, 0.3) is 0 Å². The predicted octanol–water partition coefficient (Wildman–Crippen LogP) is 5.70. The number of hydrogen-bond donors (Lipinski definition) is 1. The molecule has 2 aromatic heterocycles. The molecule has 0 aliphatic carbocycles. The molecule has 1 aliphatic rings. The molecule has 0 unspecified atom stereocenters. The van der Waals surface area contributed by atoms with E-state index in [2.05, 4.69) is 15.3 Å². The van der Waals surface area contributed by atoms with Gasteiger partial charge in [0.05, 0.1) is 45.9 Å². The summed E-state index contributed by atoms with van der Waals surface area (Å²) >= 11 is 0. The lowest BCUT2D eigenvalue weighted by Crippen LogP contribution is -2.40. The minimum absolute atomic E-state index is 0.0345. The van der Waals surface area contributed by atoms with Crippen molar-refractivity contribution in [3.05, 3.63) is 89.4 Å². The average molecular weight is 712 g/mol. The van der Waals surface area contributed by atoms with Crippen LogP contribution in [-0.4, -0.2) is 76.0 Å². The molecule has 1 aliphatic heterocycles. The number of piperidine rings is 1. The molecule has 5 rings (SSSR count). The number of nitrogens with zero attached hydrogens (tertiary/aromatic N) is 4. The van der Waals surface area contributed by atoms with Crippen molar-refractivity contribution in [2.45, 2.75) is 43.7 Å². The second-order valence-corrected chi connectivity index (χ2v) is 13.6. The van der Waals surface area contributed by atoms with E-state index in [1.165, 1.54) is 51.2 Å². The van der Waals surface area contributed by atoms with E-state index in [4.69, 9.17) is 18.9 Å². The van der Waals surface area contributed by atoms with E-state index in [0.717, 1.165) is 0 Å². The lowest BCUT2D eigenvalue weighted by atomic mass is 10.1. The number of alkyl halides is 2. The Bertz CT molecular complexity index is 1890. The Morgan fingerprint density at radius 2 is 1.44 bits per heavy atom. The minimum Gasteiger partial charge on any atom is -0.497 e. The molecule has 266 valence electrons. The molecule has 1 saturated heterocycles. The summed E-state index contributed by atoms with van der Waals surface area (Å²) in [5.74, 6) is -1.17. The number of carbonyl (C=O) groups is 1. The summed E-state index contributed by atoms with van der Waals surface area (Å²) in [6.45, 7) is 1.61. The van der Waals surface area contributed by atoms with Gasteiger partial charge in [-0.2, -0.15) is 4.31 Å². The summed E-state index contributed by atoms with van der Waals surface area (Å²) in [7, 11) is 1.71. The topological polar surface area (TPSA) is 132 Å². The summed E-state index contributed by atoms with van der Waals surface area (Å²) < 4.78 is 79.6. The predicted molar refractivity (Wildman–Crippen MR) is 183 cm³/mol. The van der Waals surface area contributed by atoms with Gasteiger partial charge in [0.2, 0.25) is 10.0 Å². The third-order valence-electron chi connectivity index (χ3n) is 8.34. The molecular formula is C35H39F2N5O7S. The molecule has 15 heteroatoms. The molecule has 50 heavy (non-hydrogen) atoms. The SMILES string of the molecule is COc1ccc(CN(Cc2ccc(OC)cc2OC)S(=O)(=O)c2cncc(NC(=O)c3ccc(C)nc3N3CCC(F)(F)CC3)c2)c(OC)c1. The smallest absolute Gasteiger partial charge is 0.259 e. The normalized spacial score (nSPS) is 14.3. The number of ether oxygens (including phenoxy) is 4. The first-order valence-corrected chi connectivity index (χ1v) is 17.1. The summed E-state index contributed by atoms with van der Waals surface area (Å²) in [6, 6.07) is 14.7. The second kappa shape index (κ2) is 15.3. The third kappa shape index (κ3) is 8.22. The number of benzene rings is 2. The highest BCUT2D eigenvalue weighted by molar-refractivity contribution is 7.89. The van der Waals surface area contributed by atoms with Crippen LogP contribution < -0.4 is 29.2 Å². The Hall–Kier alpha value is -5.02. The number of hydrogen-bond acceptors (Lipinski definition) is 10. The average Bonchev–Trinajstić information content (AvgIpc) is 3.11. The highest BCUT2D eigenvalue weighted by atomic mass is 32.2. The van der Waals surface area contributed by atoms with Crippen molar-refractivity contribution in [2.75, 3.05) is 51.7 Å². The molecule has 0 bridgehead atoms. The number of aryl methyl sites for hydroxylation is 1. The first-order chi connectivity index (χ1) is 23.9. The summed E-state index contributed by atoms with van der Waals surface area (Å²) in [4.78, 5) is 23.7. The van der Waals surface area contributed by atoms with Crippen LogP contribution in [0.5, 0.6) is 23.0 Å². The van der Waals surface area contributed by atoms with Crippen LogP contribution in [0.2, 0.25) is 0 Å². The molecule has 4 aromatic rings. The van der Waals surface area contributed by atoms with Gasteiger partial charge in [-0.25, -0.2) is 22.2 Å². The Labute approximate surface area is 290 Å². The fourth-order valence-electron chi connectivity index (χ4n) is 5.55. The zero-order valence-electron chi connectivity index (χ0n) is 28.4. The molecule has 1 amide bonds. The Kier molecular flexibility index (Phi) is 11.1. The zero-order chi connectivity index (χ0) is 36.1. The first kappa shape index (κ1) is 36.3. The number of anilines is 2. The summed E-state index contributed by atoms with van der Waals surface area (Å²) in [5, 5.41) is 2.72. The maximum absolute atomic E-state index is 14.4. The maximum Gasteiger partial charge on any atom is 0.259 e. The van der Waals surface area contributed by atoms with Crippen LogP contribution in [0.3, 0.4) is 0 Å². The van der Waals surface area contributed by atoms with Gasteiger partial charge in [-0.3, -0.25) is 9.78 Å². The molecule has 0 saturated carbocycles. The van der Waals surface area contributed by atoms with Crippen molar-refractivity contribution in [3.63, 3.8) is 0 Å². The van der Waals surface area contributed by atoms with Crippen molar-refractivity contribution in [1.82, 2.24) is 14.3 Å². The number of sulfonamides is 1. The summed E-state index contributed by atoms with van der Waals surface area (Å²) in [6.07, 6.45) is 1.81. The van der Waals surface area contributed by atoms with Crippen LogP contribution >= 0.6 is 0 Å². The van der Waals surface area contributed by atoms with Gasteiger partial charge in [0.1, 0.15) is 33.7 Å². The number of nitrogens with one attached hydrogen (secondary N) is 1. The van der Waals surface area contributed by atoms with Crippen LogP contribution in [-0.2, 0) is 23.1 Å². The third-order valence-corrected chi connectivity index (χ3v) is 10.1. The maximum atomic E-state index is 14.4. The zero-order valence-corrected chi connectivity index (χ0v) is 29.2. The van der Waals surface area contributed by atoms with E-state index in [-0.39, 0.29) is 61.0 Å². The lowest BCUT2D eigenvalue weighted by Gasteiger charge is -2.33. The number of methoxy groups -OCH3 is 4. The highest BCUT2D eigenvalue weighted by Crippen LogP contribution is 2.34. The quantitative estimate of drug-likeness (QED) is 0.184. The molecule has 0 spiro atoms. The largest absolute Gasteiger partial charge is 0.497 e.